The molecular weight excluding hydrogens is 267 g/mol. The highest BCUT2D eigenvalue weighted by atomic mass is 35.5. The van der Waals surface area contributed by atoms with E-state index in [2.05, 4.69) is 0 Å². The van der Waals surface area contributed by atoms with Crippen molar-refractivity contribution in [3.05, 3.63) is 69.2 Å². The molecule has 2 aromatic carbocycles. The molecule has 1 nitrogen and oxygen atoms in total. The van der Waals surface area contributed by atoms with E-state index in [0.29, 0.717) is 22.0 Å². The smallest absolute Gasteiger partial charge is 0.167 e. The Morgan fingerprint density at radius 1 is 1.11 bits per heavy atom. The normalized spacial score (nSPS) is 10.4. The maximum Gasteiger partial charge on any atom is 0.167 e. The van der Waals surface area contributed by atoms with E-state index >= 15 is 0 Å². The van der Waals surface area contributed by atoms with Crippen molar-refractivity contribution in [3.63, 3.8) is 0 Å². The summed E-state index contributed by atoms with van der Waals surface area (Å²) in [6.07, 6.45) is 0.291. The van der Waals surface area contributed by atoms with E-state index in [1.807, 2.05) is 25.1 Å². The van der Waals surface area contributed by atoms with Crippen molar-refractivity contribution in [2.75, 3.05) is 0 Å². The molecule has 0 aliphatic carbocycles. The fourth-order valence-electron chi connectivity index (χ4n) is 1.73. The minimum atomic E-state index is 0.0169. The van der Waals surface area contributed by atoms with Crippen LogP contribution in [0.5, 0.6) is 0 Å². The quantitative estimate of drug-likeness (QED) is 0.742. The Morgan fingerprint density at radius 3 is 2.56 bits per heavy atom. The second-order valence-electron chi connectivity index (χ2n) is 4.21. The maximum atomic E-state index is 12.1. The predicted octanol–water partition coefficient (Wildman–Crippen LogP) is 4.73. The van der Waals surface area contributed by atoms with E-state index in [0.717, 1.165) is 11.1 Å². The van der Waals surface area contributed by atoms with E-state index in [9.17, 15) is 4.79 Å². The Kier molecular flexibility index (Phi) is 4.05. The molecule has 0 radical (unpaired) electrons. The van der Waals surface area contributed by atoms with E-state index < -0.39 is 0 Å². The van der Waals surface area contributed by atoms with Crippen molar-refractivity contribution >= 4 is 29.0 Å². The molecular formula is C15H12Cl2O. The average molecular weight is 279 g/mol. The van der Waals surface area contributed by atoms with Gasteiger partial charge in [-0.15, -0.1) is 0 Å². The van der Waals surface area contributed by atoms with E-state index in [4.69, 9.17) is 23.2 Å². The highest BCUT2D eigenvalue weighted by molar-refractivity contribution is 6.32. The summed E-state index contributed by atoms with van der Waals surface area (Å²) in [6, 6.07) is 12.7. The van der Waals surface area contributed by atoms with Gasteiger partial charge in [-0.25, -0.2) is 0 Å². The van der Waals surface area contributed by atoms with Crippen molar-refractivity contribution in [2.24, 2.45) is 0 Å². The molecule has 0 aliphatic heterocycles. The van der Waals surface area contributed by atoms with Crippen molar-refractivity contribution in [1.29, 1.82) is 0 Å². The largest absolute Gasteiger partial charge is 0.294 e. The second-order valence-corrected chi connectivity index (χ2v) is 5.05. The van der Waals surface area contributed by atoms with Crippen molar-refractivity contribution in [1.82, 2.24) is 0 Å². The van der Waals surface area contributed by atoms with Gasteiger partial charge in [0.05, 0.1) is 0 Å². The Morgan fingerprint density at radius 2 is 1.89 bits per heavy atom. The monoisotopic (exact) mass is 278 g/mol. The van der Waals surface area contributed by atoms with Crippen LogP contribution in [0.15, 0.2) is 42.5 Å². The van der Waals surface area contributed by atoms with Gasteiger partial charge in [0.15, 0.2) is 5.78 Å². The molecule has 0 spiro atoms. The van der Waals surface area contributed by atoms with Crippen molar-refractivity contribution < 1.29 is 4.79 Å². The number of ketones is 1. The van der Waals surface area contributed by atoms with Crippen LogP contribution in [0.2, 0.25) is 10.0 Å². The summed E-state index contributed by atoms with van der Waals surface area (Å²) in [5.41, 5.74) is 2.53. The molecule has 0 amide bonds. The van der Waals surface area contributed by atoms with Crippen LogP contribution in [-0.4, -0.2) is 5.78 Å². The first-order valence-corrected chi connectivity index (χ1v) is 6.35. The molecule has 0 fully saturated rings. The van der Waals surface area contributed by atoms with Crippen LogP contribution in [0, 0.1) is 6.92 Å². The molecule has 0 unspecified atom stereocenters. The number of carbonyl (C=O) groups is 1. The van der Waals surface area contributed by atoms with Gasteiger partial charge in [-0.05, 0) is 36.2 Å². The summed E-state index contributed by atoms with van der Waals surface area (Å²) in [5.74, 6) is 0.0169. The second kappa shape index (κ2) is 5.55. The summed E-state index contributed by atoms with van der Waals surface area (Å²) in [6.45, 7) is 1.97. The van der Waals surface area contributed by atoms with Gasteiger partial charge in [0.2, 0.25) is 0 Å². The number of halogens is 2. The van der Waals surface area contributed by atoms with E-state index in [1.165, 1.54) is 0 Å². The Bertz CT molecular complexity index is 591. The fourth-order valence-corrected chi connectivity index (χ4v) is 2.22. The molecule has 0 N–H and O–H groups in total. The number of carbonyl (C=O) groups excluding carboxylic acids is 1. The zero-order valence-electron chi connectivity index (χ0n) is 9.91. The third kappa shape index (κ3) is 3.12. The SMILES string of the molecule is Cc1ccc(CC(=O)c2cccc(Cl)c2)c(Cl)c1. The molecule has 0 heterocycles. The predicted molar refractivity (Wildman–Crippen MR) is 75.7 cm³/mol. The Hall–Kier alpha value is -1.31. The molecule has 0 saturated carbocycles. The standard InChI is InChI=1S/C15H12Cl2O/c1-10-5-6-11(14(17)7-10)9-15(18)12-3-2-4-13(16)8-12/h2-8H,9H2,1H3. The molecule has 92 valence electrons. The first-order valence-electron chi connectivity index (χ1n) is 5.60. The zero-order chi connectivity index (χ0) is 13.1. The Balaban J connectivity index is 2.21. The first kappa shape index (κ1) is 13.1. The van der Waals surface area contributed by atoms with Crippen LogP contribution in [0.3, 0.4) is 0 Å². The Labute approximate surface area is 116 Å². The van der Waals surface area contributed by atoms with Gasteiger partial charge in [0.25, 0.3) is 0 Å². The average Bonchev–Trinajstić information content (AvgIpc) is 2.32. The lowest BCUT2D eigenvalue weighted by molar-refractivity contribution is 0.0993. The zero-order valence-corrected chi connectivity index (χ0v) is 11.4. The van der Waals surface area contributed by atoms with Crippen LogP contribution in [0.1, 0.15) is 21.5 Å². The molecule has 0 atom stereocenters. The molecule has 0 bridgehead atoms. The molecule has 0 aromatic heterocycles. The number of hydrogen-bond acceptors (Lipinski definition) is 1. The lowest BCUT2D eigenvalue weighted by Gasteiger charge is -2.05. The molecule has 2 rings (SSSR count). The molecule has 2 aromatic rings. The maximum absolute atomic E-state index is 12.1. The van der Waals surface area contributed by atoms with Crippen LogP contribution in [0.25, 0.3) is 0 Å². The van der Waals surface area contributed by atoms with Gasteiger partial charge >= 0.3 is 0 Å². The van der Waals surface area contributed by atoms with Gasteiger partial charge in [-0.2, -0.15) is 0 Å². The number of aryl methyl sites for hydroxylation is 1. The highest BCUT2D eigenvalue weighted by Crippen LogP contribution is 2.20. The van der Waals surface area contributed by atoms with Crippen LogP contribution >= 0.6 is 23.2 Å². The molecule has 18 heavy (non-hydrogen) atoms. The minimum absolute atomic E-state index is 0.0169. The number of hydrogen-bond donors (Lipinski definition) is 0. The van der Waals surface area contributed by atoms with E-state index in [-0.39, 0.29) is 5.78 Å². The van der Waals surface area contributed by atoms with Crippen molar-refractivity contribution in [3.8, 4) is 0 Å². The van der Waals surface area contributed by atoms with Gasteiger partial charge in [0, 0.05) is 22.0 Å². The summed E-state index contributed by atoms with van der Waals surface area (Å²) in [7, 11) is 0. The summed E-state index contributed by atoms with van der Waals surface area (Å²) < 4.78 is 0. The third-order valence-corrected chi connectivity index (χ3v) is 3.29. The number of Topliss-reactive ketones (excluding diaryl/α,β-unsaturated/α-hetero) is 1. The van der Waals surface area contributed by atoms with Gasteiger partial charge in [0.1, 0.15) is 0 Å². The summed E-state index contributed by atoms with van der Waals surface area (Å²) in [5, 5.41) is 1.20. The van der Waals surface area contributed by atoms with Crippen LogP contribution in [0.4, 0.5) is 0 Å². The van der Waals surface area contributed by atoms with Gasteiger partial charge < -0.3 is 0 Å². The van der Waals surface area contributed by atoms with Gasteiger partial charge in [-0.3, -0.25) is 4.79 Å². The topological polar surface area (TPSA) is 17.1 Å². The third-order valence-electron chi connectivity index (χ3n) is 2.71. The first-order chi connectivity index (χ1) is 8.56. The van der Waals surface area contributed by atoms with Gasteiger partial charge in [-0.1, -0.05) is 47.5 Å². The lowest BCUT2D eigenvalue weighted by atomic mass is 10.0. The lowest BCUT2D eigenvalue weighted by Crippen LogP contribution is -2.04. The van der Waals surface area contributed by atoms with E-state index in [1.54, 1.807) is 24.3 Å². The number of rotatable bonds is 3. The summed E-state index contributed by atoms with van der Waals surface area (Å²) >= 11 is 12.0. The number of benzene rings is 2. The van der Waals surface area contributed by atoms with Crippen LogP contribution in [-0.2, 0) is 6.42 Å². The molecule has 0 aliphatic rings. The highest BCUT2D eigenvalue weighted by Gasteiger charge is 2.10. The van der Waals surface area contributed by atoms with Crippen molar-refractivity contribution in [2.45, 2.75) is 13.3 Å². The minimum Gasteiger partial charge on any atom is -0.294 e. The molecule has 0 saturated heterocycles. The summed E-state index contributed by atoms with van der Waals surface area (Å²) in [4.78, 5) is 12.1. The molecule has 3 heteroatoms. The van der Waals surface area contributed by atoms with Crippen LogP contribution < -0.4 is 0 Å². The fraction of sp³-hybridized carbons (Fsp3) is 0.133.